The number of amides is 2. The van der Waals surface area contributed by atoms with Crippen molar-refractivity contribution in [2.75, 3.05) is 18.8 Å². The van der Waals surface area contributed by atoms with Crippen LogP contribution in [0.15, 0.2) is 0 Å². The highest BCUT2D eigenvalue weighted by Crippen LogP contribution is 2.33. The number of thioether (sulfide) groups is 1. The number of likely N-dealkylation sites (tertiary alicyclic amines) is 1. The van der Waals surface area contributed by atoms with E-state index in [1.165, 1.54) is 6.42 Å². The Morgan fingerprint density at radius 1 is 1.19 bits per heavy atom. The summed E-state index contributed by atoms with van der Waals surface area (Å²) in [6, 6.07) is -0.742. The number of carbonyl (C=O) groups excluding carboxylic acids is 1. The molecule has 2 amide bonds. The second kappa shape index (κ2) is 7.38. The van der Waals surface area contributed by atoms with Crippen LogP contribution in [0.5, 0.6) is 0 Å². The Balaban J connectivity index is 2.07. The molecule has 0 aromatic rings. The minimum Gasteiger partial charge on any atom is -0.480 e. The Bertz CT molecular complexity index is 391. The molecule has 0 aromatic heterocycles. The molecule has 0 saturated carbocycles. The maximum atomic E-state index is 12.8. The van der Waals surface area contributed by atoms with Gasteiger partial charge >= 0.3 is 12.0 Å². The van der Waals surface area contributed by atoms with E-state index in [4.69, 9.17) is 0 Å². The zero-order chi connectivity index (χ0) is 15.4. The molecule has 5 nitrogen and oxygen atoms in total. The van der Waals surface area contributed by atoms with Gasteiger partial charge in [-0.15, -0.1) is 11.8 Å². The lowest BCUT2D eigenvalue weighted by molar-refractivity contribution is -0.141. The molecule has 0 radical (unpaired) electrons. The first kappa shape index (κ1) is 16.5. The van der Waals surface area contributed by atoms with Crippen molar-refractivity contribution in [3.8, 4) is 0 Å². The van der Waals surface area contributed by atoms with Crippen molar-refractivity contribution in [1.29, 1.82) is 0 Å². The van der Waals surface area contributed by atoms with Gasteiger partial charge in [-0.1, -0.05) is 20.3 Å². The predicted molar refractivity (Wildman–Crippen MR) is 84.4 cm³/mol. The molecule has 3 atom stereocenters. The monoisotopic (exact) mass is 314 g/mol. The maximum absolute atomic E-state index is 12.8. The van der Waals surface area contributed by atoms with Gasteiger partial charge in [0, 0.05) is 18.8 Å². The summed E-state index contributed by atoms with van der Waals surface area (Å²) >= 11 is 1.59. The van der Waals surface area contributed by atoms with E-state index in [2.05, 4.69) is 6.92 Å². The Morgan fingerprint density at radius 2 is 1.95 bits per heavy atom. The van der Waals surface area contributed by atoms with Crippen LogP contribution >= 0.6 is 11.8 Å². The van der Waals surface area contributed by atoms with Crippen LogP contribution < -0.4 is 0 Å². The van der Waals surface area contributed by atoms with Crippen LogP contribution in [0.25, 0.3) is 0 Å². The first-order valence-corrected chi connectivity index (χ1v) is 9.05. The summed E-state index contributed by atoms with van der Waals surface area (Å²) < 4.78 is 0. The van der Waals surface area contributed by atoms with Gasteiger partial charge in [0.25, 0.3) is 0 Å². The number of carboxylic acids is 1. The van der Waals surface area contributed by atoms with E-state index in [-0.39, 0.29) is 11.4 Å². The molecule has 6 heteroatoms. The molecule has 0 aromatic carbocycles. The number of nitrogens with zero attached hydrogens (tertiary/aromatic N) is 2. The van der Waals surface area contributed by atoms with E-state index in [0.29, 0.717) is 11.7 Å². The third-order valence-electron chi connectivity index (χ3n) is 4.64. The SMILES string of the molecule is CCC1CCCN(C(=O)N2C(CC)SCC2C(=O)O)CC1. The lowest BCUT2D eigenvalue weighted by atomic mass is 9.98. The van der Waals surface area contributed by atoms with Gasteiger partial charge in [0.2, 0.25) is 0 Å². The predicted octanol–water partition coefficient (Wildman–Crippen LogP) is 2.86. The number of hydrogen-bond acceptors (Lipinski definition) is 3. The quantitative estimate of drug-likeness (QED) is 0.870. The summed E-state index contributed by atoms with van der Waals surface area (Å²) in [5, 5.41) is 9.36. The van der Waals surface area contributed by atoms with Gasteiger partial charge in [0.1, 0.15) is 6.04 Å². The Labute approximate surface area is 131 Å². The van der Waals surface area contributed by atoms with Crippen molar-refractivity contribution in [2.45, 2.75) is 57.4 Å². The summed E-state index contributed by atoms with van der Waals surface area (Å²) in [5.74, 6) is 0.325. The average molecular weight is 314 g/mol. The molecule has 1 N–H and O–H groups in total. The third-order valence-corrected chi connectivity index (χ3v) is 6.10. The van der Waals surface area contributed by atoms with Gasteiger partial charge in [-0.25, -0.2) is 9.59 Å². The topological polar surface area (TPSA) is 60.9 Å². The number of urea groups is 1. The molecule has 2 heterocycles. The van der Waals surface area contributed by atoms with Crippen molar-refractivity contribution in [1.82, 2.24) is 9.80 Å². The molecular weight excluding hydrogens is 288 g/mol. The van der Waals surface area contributed by atoms with E-state index < -0.39 is 12.0 Å². The molecule has 3 unspecified atom stereocenters. The second-order valence-corrected chi connectivity index (χ2v) is 7.14. The molecule has 120 valence electrons. The highest BCUT2D eigenvalue weighted by atomic mass is 32.2. The minimum absolute atomic E-state index is 0.00354. The molecule has 2 aliphatic rings. The summed E-state index contributed by atoms with van der Waals surface area (Å²) in [7, 11) is 0. The van der Waals surface area contributed by atoms with E-state index >= 15 is 0 Å². The van der Waals surface area contributed by atoms with Crippen LogP contribution in [0, 0.1) is 5.92 Å². The molecule has 2 aliphatic heterocycles. The Morgan fingerprint density at radius 3 is 2.57 bits per heavy atom. The van der Waals surface area contributed by atoms with Crippen molar-refractivity contribution in [3.05, 3.63) is 0 Å². The number of aliphatic carboxylic acids is 1. The van der Waals surface area contributed by atoms with Crippen LogP contribution in [-0.4, -0.2) is 57.2 Å². The smallest absolute Gasteiger partial charge is 0.327 e. The molecule has 0 spiro atoms. The van der Waals surface area contributed by atoms with Crippen molar-refractivity contribution < 1.29 is 14.7 Å². The number of hydrogen-bond donors (Lipinski definition) is 1. The normalized spacial score (nSPS) is 30.3. The number of carboxylic acid groups (broad SMARTS) is 1. The largest absolute Gasteiger partial charge is 0.480 e. The van der Waals surface area contributed by atoms with Crippen molar-refractivity contribution in [3.63, 3.8) is 0 Å². The first-order chi connectivity index (χ1) is 10.1. The van der Waals surface area contributed by atoms with E-state index in [9.17, 15) is 14.7 Å². The maximum Gasteiger partial charge on any atom is 0.327 e. The highest BCUT2D eigenvalue weighted by molar-refractivity contribution is 8.00. The van der Waals surface area contributed by atoms with Gasteiger partial charge in [-0.05, 0) is 31.6 Å². The molecule has 21 heavy (non-hydrogen) atoms. The van der Waals surface area contributed by atoms with Crippen molar-refractivity contribution in [2.24, 2.45) is 5.92 Å². The van der Waals surface area contributed by atoms with Crippen LogP contribution in [-0.2, 0) is 4.79 Å². The van der Waals surface area contributed by atoms with Gasteiger partial charge in [0.05, 0.1) is 5.37 Å². The summed E-state index contributed by atoms with van der Waals surface area (Å²) in [6.07, 6.45) is 5.20. The van der Waals surface area contributed by atoms with Crippen LogP contribution in [0.2, 0.25) is 0 Å². The van der Waals surface area contributed by atoms with Crippen molar-refractivity contribution >= 4 is 23.8 Å². The van der Waals surface area contributed by atoms with E-state index in [1.807, 2.05) is 11.8 Å². The second-order valence-electron chi connectivity index (χ2n) is 5.93. The summed E-state index contributed by atoms with van der Waals surface area (Å²) in [6.45, 7) is 5.74. The molecule has 0 bridgehead atoms. The zero-order valence-corrected chi connectivity index (χ0v) is 13.8. The van der Waals surface area contributed by atoms with Gasteiger partial charge in [-0.2, -0.15) is 0 Å². The number of carbonyl (C=O) groups is 2. The fraction of sp³-hybridized carbons (Fsp3) is 0.867. The fourth-order valence-corrected chi connectivity index (χ4v) is 4.59. The lowest BCUT2D eigenvalue weighted by Crippen LogP contribution is -2.51. The van der Waals surface area contributed by atoms with E-state index in [0.717, 1.165) is 38.8 Å². The van der Waals surface area contributed by atoms with Gasteiger partial charge in [-0.3, -0.25) is 4.90 Å². The highest BCUT2D eigenvalue weighted by Gasteiger charge is 2.42. The molecule has 0 aliphatic carbocycles. The van der Waals surface area contributed by atoms with Gasteiger partial charge in [0.15, 0.2) is 0 Å². The summed E-state index contributed by atoms with van der Waals surface area (Å²) in [4.78, 5) is 27.7. The standard InChI is InChI=1S/C15H26N2O3S/c1-3-11-6-5-8-16(9-7-11)15(20)17-12(14(18)19)10-21-13(17)4-2/h11-13H,3-10H2,1-2H3,(H,18,19). The summed E-state index contributed by atoms with van der Waals surface area (Å²) in [5.41, 5.74) is 0. The lowest BCUT2D eigenvalue weighted by Gasteiger charge is -2.32. The van der Waals surface area contributed by atoms with Gasteiger partial charge < -0.3 is 10.0 Å². The van der Waals surface area contributed by atoms with E-state index in [1.54, 1.807) is 16.7 Å². The molecule has 2 fully saturated rings. The van der Waals surface area contributed by atoms with Crippen LogP contribution in [0.4, 0.5) is 4.79 Å². The molecule has 2 saturated heterocycles. The van der Waals surface area contributed by atoms with Crippen LogP contribution in [0.3, 0.4) is 0 Å². The minimum atomic E-state index is -0.881. The van der Waals surface area contributed by atoms with Crippen LogP contribution in [0.1, 0.15) is 46.0 Å². The fourth-order valence-electron chi connectivity index (χ4n) is 3.25. The Kier molecular flexibility index (Phi) is 5.79. The zero-order valence-electron chi connectivity index (χ0n) is 13.0. The number of rotatable bonds is 3. The molecular formula is C15H26N2O3S. The first-order valence-electron chi connectivity index (χ1n) is 8.00. The third kappa shape index (κ3) is 3.65. The molecule has 2 rings (SSSR count). The average Bonchev–Trinajstić information content (AvgIpc) is 2.77. The Hall–Kier alpha value is -0.910.